The van der Waals surface area contributed by atoms with Crippen LogP contribution < -0.4 is 5.32 Å². The van der Waals surface area contributed by atoms with E-state index in [4.69, 9.17) is 0 Å². The van der Waals surface area contributed by atoms with Crippen LogP contribution in [0, 0.1) is 6.92 Å². The Hall–Kier alpha value is -1.20. The molecule has 0 radical (unpaired) electrons. The molecule has 0 aliphatic rings. The Balaban J connectivity index is 2.02. The minimum atomic E-state index is -0.0703. The van der Waals surface area contributed by atoms with Gasteiger partial charge < -0.3 is 5.32 Å². The third-order valence-electron chi connectivity index (χ3n) is 2.34. The number of nitrogens with one attached hydrogen (secondary N) is 1. The highest BCUT2D eigenvalue weighted by atomic mass is 79.9. The summed E-state index contributed by atoms with van der Waals surface area (Å²) in [6.45, 7) is 2.51. The average molecular weight is 311 g/mol. The van der Waals surface area contributed by atoms with Gasteiger partial charge >= 0.3 is 0 Å². The van der Waals surface area contributed by atoms with Crippen LogP contribution in [0.1, 0.15) is 20.8 Å². The molecule has 1 aromatic heterocycles. The smallest absolute Gasteiger partial charge is 0.251 e. The fraction of sp³-hybridized carbons (Fsp3) is 0.167. The van der Waals surface area contributed by atoms with Crippen LogP contribution in [0.25, 0.3) is 0 Å². The highest BCUT2D eigenvalue weighted by Gasteiger charge is 2.07. The Morgan fingerprint density at radius 3 is 3.00 bits per heavy atom. The number of hydrogen-bond donors (Lipinski definition) is 1. The maximum atomic E-state index is 11.9. The summed E-state index contributed by atoms with van der Waals surface area (Å²) in [4.78, 5) is 16.9. The molecule has 5 heteroatoms. The van der Waals surface area contributed by atoms with Crippen molar-refractivity contribution in [3.05, 3.63) is 50.4 Å². The van der Waals surface area contributed by atoms with Gasteiger partial charge in [-0.15, -0.1) is 11.3 Å². The molecule has 0 aliphatic carbocycles. The van der Waals surface area contributed by atoms with Crippen LogP contribution in [0.3, 0.4) is 0 Å². The molecular formula is C12H11BrN2OS. The number of carbonyl (C=O) groups is 1. The van der Waals surface area contributed by atoms with Gasteiger partial charge in [0.15, 0.2) is 0 Å². The molecule has 88 valence electrons. The van der Waals surface area contributed by atoms with Crippen molar-refractivity contribution in [2.45, 2.75) is 13.5 Å². The lowest BCUT2D eigenvalue weighted by Gasteiger charge is -2.05. The summed E-state index contributed by atoms with van der Waals surface area (Å²) >= 11 is 4.95. The van der Waals surface area contributed by atoms with Crippen LogP contribution in [0.15, 0.2) is 34.4 Å². The standard InChI is InChI=1S/C12H11BrN2OS/c1-8-2-3-9(4-11(8)13)12(16)15-6-10-5-14-7-17-10/h2-5,7H,6H2,1H3,(H,15,16). The van der Waals surface area contributed by atoms with E-state index in [9.17, 15) is 4.79 Å². The van der Waals surface area contributed by atoms with E-state index in [1.165, 1.54) is 11.3 Å². The van der Waals surface area contributed by atoms with Crippen LogP contribution in [0.4, 0.5) is 0 Å². The lowest BCUT2D eigenvalue weighted by atomic mass is 10.1. The first-order chi connectivity index (χ1) is 8.16. The largest absolute Gasteiger partial charge is 0.347 e. The number of aromatic nitrogens is 1. The van der Waals surface area contributed by atoms with Crippen molar-refractivity contribution in [2.75, 3.05) is 0 Å². The lowest BCUT2D eigenvalue weighted by Crippen LogP contribution is -2.22. The van der Waals surface area contributed by atoms with Gasteiger partial charge in [-0.3, -0.25) is 9.78 Å². The summed E-state index contributed by atoms with van der Waals surface area (Å²) in [5, 5.41) is 2.86. The lowest BCUT2D eigenvalue weighted by molar-refractivity contribution is 0.0951. The van der Waals surface area contributed by atoms with Crippen molar-refractivity contribution in [1.82, 2.24) is 10.3 Å². The second-order valence-corrected chi connectivity index (χ2v) is 5.44. The molecule has 1 aromatic carbocycles. The van der Waals surface area contributed by atoms with Gasteiger partial charge in [0.05, 0.1) is 12.1 Å². The zero-order valence-electron chi connectivity index (χ0n) is 9.24. The van der Waals surface area contributed by atoms with Crippen LogP contribution in [-0.4, -0.2) is 10.9 Å². The van der Waals surface area contributed by atoms with Crippen molar-refractivity contribution in [2.24, 2.45) is 0 Å². The maximum absolute atomic E-state index is 11.9. The molecule has 17 heavy (non-hydrogen) atoms. The summed E-state index contributed by atoms with van der Waals surface area (Å²) in [7, 11) is 0. The van der Waals surface area contributed by atoms with E-state index in [1.54, 1.807) is 11.7 Å². The highest BCUT2D eigenvalue weighted by Crippen LogP contribution is 2.17. The Morgan fingerprint density at radius 1 is 1.53 bits per heavy atom. The first-order valence-electron chi connectivity index (χ1n) is 5.08. The molecular weight excluding hydrogens is 300 g/mol. The maximum Gasteiger partial charge on any atom is 0.251 e. The van der Waals surface area contributed by atoms with Gasteiger partial charge in [0.2, 0.25) is 0 Å². The van der Waals surface area contributed by atoms with Crippen LogP contribution in [0.5, 0.6) is 0 Å². The number of halogens is 1. The number of nitrogens with zero attached hydrogens (tertiary/aromatic N) is 1. The molecule has 2 rings (SSSR count). The van der Waals surface area contributed by atoms with Crippen LogP contribution in [-0.2, 0) is 6.54 Å². The van der Waals surface area contributed by atoms with Gasteiger partial charge in [0.25, 0.3) is 5.91 Å². The van der Waals surface area contributed by atoms with Gasteiger partial charge in [-0.25, -0.2) is 0 Å². The number of amides is 1. The molecule has 0 unspecified atom stereocenters. The first-order valence-corrected chi connectivity index (χ1v) is 6.76. The minimum absolute atomic E-state index is 0.0703. The van der Waals surface area contributed by atoms with Crippen molar-refractivity contribution in [3.63, 3.8) is 0 Å². The predicted octanol–water partition coefficient (Wildman–Crippen LogP) is 3.14. The predicted molar refractivity (Wildman–Crippen MR) is 72.2 cm³/mol. The van der Waals surface area contributed by atoms with Crippen molar-refractivity contribution >= 4 is 33.2 Å². The highest BCUT2D eigenvalue weighted by molar-refractivity contribution is 9.10. The Morgan fingerprint density at radius 2 is 2.35 bits per heavy atom. The van der Waals surface area contributed by atoms with E-state index in [0.29, 0.717) is 12.1 Å². The van der Waals surface area contributed by atoms with Gasteiger partial charge in [0.1, 0.15) is 0 Å². The fourth-order valence-corrected chi connectivity index (χ4v) is 2.25. The molecule has 3 nitrogen and oxygen atoms in total. The molecule has 1 heterocycles. The number of aryl methyl sites for hydroxylation is 1. The van der Waals surface area contributed by atoms with Crippen molar-refractivity contribution in [3.8, 4) is 0 Å². The number of benzene rings is 1. The van der Waals surface area contributed by atoms with Gasteiger partial charge in [-0.05, 0) is 24.6 Å². The number of thiazole rings is 1. The van der Waals surface area contributed by atoms with Crippen molar-refractivity contribution < 1.29 is 4.79 Å². The molecule has 0 spiro atoms. The number of hydrogen-bond acceptors (Lipinski definition) is 3. The van der Waals surface area contributed by atoms with E-state index in [-0.39, 0.29) is 5.91 Å². The quantitative estimate of drug-likeness (QED) is 0.946. The normalized spacial score (nSPS) is 10.2. The average Bonchev–Trinajstić information content (AvgIpc) is 2.82. The van der Waals surface area contributed by atoms with E-state index in [1.807, 2.05) is 25.1 Å². The monoisotopic (exact) mass is 310 g/mol. The van der Waals surface area contributed by atoms with E-state index >= 15 is 0 Å². The van der Waals surface area contributed by atoms with Crippen LogP contribution in [0.2, 0.25) is 0 Å². The molecule has 0 bridgehead atoms. The van der Waals surface area contributed by atoms with Gasteiger partial charge in [0, 0.05) is 21.1 Å². The first kappa shape index (κ1) is 12.3. The minimum Gasteiger partial charge on any atom is -0.347 e. The molecule has 0 aliphatic heterocycles. The summed E-state index contributed by atoms with van der Waals surface area (Å²) in [5.41, 5.74) is 3.53. The van der Waals surface area contributed by atoms with E-state index in [2.05, 4.69) is 26.2 Å². The molecule has 0 fully saturated rings. The summed E-state index contributed by atoms with van der Waals surface area (Å²) in [6.07, 6.45) is 1.76. The summed E-state index contributed by atoms with van der Waals surface area (Å²) in [5.74, 6) is -0.0703. The summed E-state index contributed by atoms with van der Waals surface area (Å²) in [6, 6.07) is 5.57. The van der Waals surface area contributed by atoms with E-state index < -0.39 is 0 Å². The zero-order valence-corrected chi connectivity index (χ0v) is 11.6. The second-order valence-electron chi connectivity index (χ2n) is 3.61. The second kappa shape index (κ2) is 5.42. The Kier molecular flexibility index (Phi) is 3.91. The summed E-state index contributed by atoms with van der Waals surface area (Å²) < 4.78 is 0.947. The third kappa shape index (κ3) is 3.14. The van der Waals surface area contributed by atoms with Crippen LogP contribution >= 0.6 is 27.3 Å². The zero-order chi connectivity index (χ0) is 12.3. The molecule has 0 saturated heterocycles. The molecule has 2 aromatic rings. The molecule has 1 N–H and O–H groups in total. The van der Waals surface area contributed by atoms with Gasteiger partial charge in [-0.1, -0.05) is 22.0 Å². The Labute approximate surface area is 112 Å². The molecule has 0 atom stereocenters. The van der Waals surface area contributed by atoms with E-state index in [0.717, 1.165) is 14.9 Å². The van der Waals surface area contributed by atoms with Gasteiger partial charge in [-0.2, -0.15) is 0 Å². The third-order valence-corrected chi connectivity index (χ3v) is 3.97. The van der Waals surface area contributed by atoms with Crippen molar-refractivity contribution in [1.29, 1.82) is 0 Å². The number of rotatable bonds is 3. The SMILES string of the molecule is Cc1ccc(C(=O)NCc2cncs2)cc1Br. The molecule has 1 amide bonds. The molecule has 0 saturated carbocycles. The fourth-order valence-electron chi connectivity index (χ4n) is 1.33. The Bertz CT molecular complexity index is 525. The topological polar surface area (TPSA) is 42.0 Å². The number of carbonyl (C=O) groups excluding carboxylic acids is 1.